The molecule has 9 heteroatoms. The Hall–Kier alpha value is -2.74. The fourth-order valence-corrected chi connectivity index (χ4v) is 2.64. The molecular formula is C16H16ClN5O3. The minimum Gasteiger partial charge on any atom is -0.464 e. The maximum atomic E-state index is 12.7. The minimum atomic E-state index is -0.745. The van der Waals surface area contributed by atoms with Crippen LogP contribution < -0.4 is 5.56 Å². The first-order valence-corrected chi connectivity index (χ1v) is 8.19. The zero-order chi connectivity index (χ0) is 18.0. The molecule has 0 unspecified atom stereocenters. The van der Waals surface area contributed by atoms with E-state index in [-0.39, 0.29) is 12.1 Å². The van der Waals surface area contributed by atoms with Crippen molar-refractivity contribution in [2.24, 2.45) is 0 Å². The van der Waals surface area contributed by atoms with Gasteiger partial charge in [-0.3, -0.25) is 9.36 Å². The van der Waals surface area contributed by atoms with Crippen LogP contribution in [0.25, 0.3) is 16.9 Å². The van der Waals surface area contributed by atoms with Crippen molar-refractivity contribution in [1.29, 1.82) is 0 Å². The third-order valence-corrected chi connectivity index (χ3v) is 3.99. The highest BCUT2D eigenvalue weighted by atomic mass is 35.5. The molecule has 8 nitrogen and oxygen atoms in total. The normalized spacial score (nSPS) is 12.3. The summed E-state index contributed by atoms with van der Waals surface area (Å²) in [7, 11) is 0. The second kappa shape index (κ2) is 7.02. The number of rotatable bonds is 5. The van der Waals surface area contributed by atoms with Crippen molar-refractivity contribution in [1.82, 2.24) is 24.5 Å². The van der Waals surface area contributed by atoms with E-state index in [4.69, 9.17) is 16.3 Å². The number of esters is 1. The number of nitrogens with zero attached hydrogens (tertiary/aromatic N) is 5. The SMILES string of the molecule is CCOC(=O)[C@H](CC)n1cnc2c(nnn2-c2ccc(Cl)cc2)c1=O. The molecule has 0 bridgehead atoms. The van der Waals surface area contributed by atoms with Crippen LogP contribution in [0.2, 0.25) is 5.02 Å². The molecule has 0 saturated carbocycles. The summed E-state index contributed by atoms with van der Waals surface area (Å²) in [4.78, 5) is 29.0. The van der Waals surface area contributed by atoms with Gasteiger partial charge in [0.2, 0.25) is 0 Å². The van der Waals surface area contributed by atoms with E-state index in [1.54, 1.807) is 38.1 Å². The van der Waals surface area contributed by atoms with Gasteiger partial charge in [0, 0.05) is 5.02 Å². The molecule has 1 aromatic carbocycles. The van der Waals surface area contributed by atoms with Crippen LogP contribution in [0.1, 0.15) is 26.3 Å². The van der Waals surface area contributed by atoms with Crippen molar-refractivity contribution in [3.05, 3.63) is 46.0 Å². The van der Waals surface area contributed by atoms with Gasteiger partial charge in [0.1, 0.15) is 12.4 Å². The molecule has 0 aliphatic rings. The first-order chi connectivity index (χ1) is 12.1. The molecule has 0 radical (unpaired) electrons. The first-order valence-electron chi connectivity index (χ1n) is 7.82. The summed E-state index contributed by atoms with van der Waals surface area (Å²) in [5.41, 5.74) is 0.626. The van der Waals surface area contributed by atoms with Crippen LogP contribution in [0.5, 0.6) is 0 Å². The van der Waals surface area contributed by atoms with E-state index in [0.717, 1.165) is 0 Å². The van der Waals surface area contributed by atoms with E-state index in [1.165, 1.54) is 15.6 Å². The van der Waals surface area contributed by atoms with Gasteiger partial charge in [-0.25, -0.2) is 9.78 Å². The summed E-state index contributed by atoms with van der Waals surface area (Å²) in [6.07, 6.45) is 1.72. The predicted octanol–water partition coefficient (Wildman–Crippen LogP) is 2.14. The molecule has 2 heterocycles. The van der Waals surface area contributed by atoms with Crippen molar-refractivity contribution in [3.63, 3.8) is 0 Å². The maximum absolute atomic E-state index is 12.7. The lowest BCUT2D eigenvalue weighted by Gasteiger charge is -2.15. The highest BCUT2D eigenvalue weighted by Crippen LogP contribution is 2.17. The van der Waals surface area contributed by atoms with Crippen LogP contribution in [0.3, 0.4) is 0 Å². The number of hydrogen-bond donors (Lipinski definition) is 0. The number of carbonyl (C=O) groups excluding carboxylic acids is 1. The van der Waals surface area contributed by atoms with Gasteiger partial charge in [-0.05, 0) is 37.6 Å². The number of hydrogen-bond acceptors (Lipinski definition) is 6. The second-order valence-corrected chi connectivity index (χ2v) is 5.72. The summed E-state index contributed by atoms with van der Waals surface area (Å²) in [5, 5.41) is 8.51. The molecule has 130 valence electrons. The summed E-state index contributed by atoms with van der Waals surface area (Å²) >= 11 is 5.89. The van der Waals surface area contributed by atoms with Crippen LogP contribution in [-0.2, 0) is 9.53 Å². The number of carbonyl (C=O) groups is 1. The molecule has 2 aromatic heterocycles. The highest BCUT2D eigenvalue weighted by molar-refractivity contribution is 6.30. The van der Waals surface area contributed by atoms with E-state index < -0.39 is 17.6 Å². The molecule has 0 amide bonds. The van der Waals surface area contributed by atoms with Crippen molar-refractivity contribution in [2.45, 2.75) is 26.3 Å². The van der Waals surface area contributed by atoms with Gasteiger partial charge in [-0.1, -0.05) is 23.7 Å². The summed E-state index contributed by atoms with van der Waals surface area (Å²) < 4.78 is 7.71. The third kappa shape index (κ3) is 3.12. The van der Waals surface area contributed by atoms with Crippen LogP contribution >= 0.6 is 11.6 Å². The summed E-state index contributed by atoms with van der Waals surface area (Å²) in [6.45, 7) is 3.75. The minimum absolute atomic E-state index is 0.0835. The van der Waals surface area contributed by atoms with E-state index in [1.807, 2.05) is 0 Å². The lowest BCUT2D eigenvalue weighted by atomic mass is 10.2. The van der Waals surface area contributed by atoms with Crippen LogP contribution in [-0.4, -0.2) is 37.1 Å². The topological polar surface area (TPSA) is 91.9 Å². The van der Waals surface area contributed by atoms with E-state index in [0.29, 0.717) is 22.8 Å². The molecule has 3 rings (SSSR count). The Labute approximate surface area is 148 Å². The quantitative estimate of drug-likeness (QED) is 0.646. The summed E-state index contributed by atoms with van der Waals surface area (Å²) in [5.74, 6) is -0.474. The maximum Gasteiger partial charge on any atom is 0.329 e. The van der Waals surface area contributed by atoms with Gasteiger partial charge in [0.25, 0.3) is 5.56 Å². The Morgan fingerprint density at radius 2 is 2.00 bits per heavy atom. The second-order valence-electron chi connectivity index (χ2n) is 5.28. The molecule has 0 spiro atoms. The van der Waals surface area contributed by atoms with Crippen LogP contribution in [0.4, 0.5) is 0 Å². The van der Waals surface area contributed by atoms with Gasteiger partial charge in [-0.15, -0.1) is 5.10 Å². The molecule has 0 aliphatic carbocycles. The summed E-state index contributed by atoms with van der Waals surface area (Å²) in [6, 6.07) is 6.16. The zero-order valence-corrected chi connectivity index (χ0v) is 14.5. The fourth-order valence-electron chi connectivity index (χ4n) is 2.52. The van der Waals surface area contributed by atoms with Crippen LogP contribution in [0, 0.1) is 0 Å². The molecule has 1 atom stereocenters. The van der Waals surface area contributed by atoms with Crippen molar-refractivity contribution in [3.8, 4) is 5.69 Å². The van der Waals surface area contributed by atoms with E-state index in [2.05, 4.69) is 15.3 Å². The van der Waals surface area contributed by atoms with Crippen molar-refractivity contribution >= 4 is 28.7 Å². The lowest BCUT2D eigenvalue weighted by Crippen LogP contribution is -2.31. The molecule has 25 heavy (non-hydrogen) atoms. The Morgan fingerprint density at radius 1 is 1.28 bits per heavy atom. The average molecular weight is 362 g/mol. The van der Waals surface area contributed by atoms with Crippen molar-refractivity contribution < 1.29 is 9.53 Å². The standard InChI is InChI=1S/C16H16ClN5O3/c1-3-12(16(24)25-4-2)21-9-18-14-13(15(21)23)19-20-22(14)11-7-5-10(17)6-8-11/h5-9,12H,3-4H2,1-2H3/t12-/m0/s1. The molecule has 3 aromatic rings. The van der Waals surface area contributed by atoms with E-state index in [9.17, 15) is 9.59 Å². The fraction of sp³-hybridized carbons (Fsp3) is 0.312. The lowest BCUT2D eigenvalue weighted by molar-refractivity contribution is -0.147. The average Bonchev–Trinajstić information content (AvgIpc) is 3.03. The van der Waals surface area contributed by atoms with Crippen molar-refractivity contribution in [2.75, 3.05) is 6.61 Å². The number of aromatic nitrogens is 5. The zero-order valence-electron chi connectivity index (χ0n) is 13.7. The molecule has 0 fully saturated rings. The van der Waals surface area contributed by atoms with E-state index >= 15 is 0 Å². The van der Waals surface area contributed by atoms with Gasteiger partial charge in [-0.2, -0.15) is 4.68 Å². The molecule has 0 aliphatic heterocycles. The predicted molar refractivity (Wildman–Crippen MR) is 91.9 cm³/mol. The highest BCUT2D eigenvalue weighted by Gasteiger charge is 2.23. The van der Waals surface area contributed by atoms with Gasteiger partial charge < -0.3 is 4.74 Å². The Morgan fingerprint density at radius 3 is 2.64 bits per heavy atom. The smallest absolute Gasteiger partial charge is 0.329 e. The number of ether oxygens (including phenoxy) is 1. The molecule has 0 N–H and O–H groups in total. The molecular weight excluding hydrogens is 346 g/mol. The number of benzene rings is 1. The van der Waals surface area contributed by atoms with Crippen LogP contribution in [0.15, 0.2) is 35.4 Å². The van der Waals surface area contributed by atoms with Gasteiger partial charge in [0.15, 0.2) is 11.2 Å². The number of halogens is 1. The number of fused-ring (bicyclic) bond motifs is 1. The third-order valence-electron chi connectivity index (χ3n) is 3.74. The monoisotopic (exact) mass is 361 g/mol. The van der Waals surface area contributed by atoms with Gasteiger partial charge >= 0.3 is 5.97 Å². The largest absolute Gasteiger partial charge is 0.464 e. The Balaban J connectivity index is 2.09. The van der Waals surface area contributed by atoms with Gasteiger partial charge in [0.05, 0.1) is 12.3 Å². The first kappa shape index (κ1) is 17.1. The Kier molecular flexibility index (Phi) is 4.80. The Bertz CT molecular complexity index is 964. The molecule has 0 saturated heterocycles.